The van der Waals surface area contributed by atoms with Crippen molar-refractivity contribution in [3.63, 3.8) is 0 Å². The molecule has 1 heterocycles. The predicted octanol–water partition coefficient (Wildman–Crippen LogP) is 3.39. The molecule has 1 aromatic rings. The topological polar surface area (TPSA) is 24.1 Å². The minimum Gasteiger partial charge on any atom is -0.382 e. The van der Waals surface area contributed by atoms with Crippen LogP contribution in [0.2, 0.25) is 0 Å². The zero-order chi connectivity index (χ0) is 11.7. The second kappa shape index (κ2) is 4.62. The first kappa shape index (κ1) is 11.5. The van der Waals surface area contributed by atoms with Crippen molar-refractivity contribution >= 4 is 21.6 Å². The van der Waals surface area contributed by atoms with Crippen molar-refractivity contribution in [2.75, 3.05) is 18.4 Å². The smallest absolute Gasteiger partial charge is 0.0343 e. The van der Waals surface area contributed by atoms with Crippen LogP contribution < -0.4 is 10.6 Å². The minimum atomic E-state index is 0.665. The van der Waals surface area contributed by atoms with E-state index < -0.39 is 0 Å². The van der Waals surface area contributed by atoms with Crippen LogP contribution in [0.25, 0.3) is 0 Å². The van der Waals surface area contributed by atoms with E-state index in [-0.39, 0.29) is 0 Å². The Morgan fingerprint density at radius 2 is 1.76 bits per heavy atom. The van der Waals surface area contributed by atoms with Crippen LogP contribution in [0.1, 0.15) is 25.7 Å². The Morgan fingerprint density at radius 1 is 1.12 bits per heavy atom. The Kier molecular flexibility index (Phi) is 3.14. The molecule has 0 radical (unpaired) electrons. The van der Waals surface area contributed by atoms with Crippen molar-refractivity contribution in [3.8, 4) is 0 Å². The molecule has 2 N–H and O–H groups in total. The lowest BCUT2D eigenvalue weighted by Crippen LogP contribution is -2.50. The van der Waals surface area contributed by atoms with Gasteiger partial charge in [-0.25, -0.2) is 0 Å². The van der Waals surface area contributed by atoms with Crippen molar-refractivity contribution in [1.82, 2.24) is 5.32 Å². The lowest BCUT2D eigenvalue weighted by molar-refractivity contribution is 0.0719. The lowest BCUT2D eigenvalue weighted by atomic mass is 9.60. The highest BCUT2D eigenvalue weighted by Crippen LogP contribution is 2.48. The van der Waals surface area contributed by atoms with Crippen LogP contribution in [-0.4, -0.2) is 19.1 Å². The van der Waals surface area contributed by atoms with Crippen LogP contribution in [0.5, 0.6) is 0 Å². The van der Waals surface area contributed by atoms with E-state index in [0.29, 0.717) is 11.5 Å². The minimum absolute atomic E-state index is 0.665. The Morgan fingerprint density at radius 3 is 2.41 bits per heavy atom. The number of halogens is 1. The highest BCUT2D eigenvalue weighted by atomic mass is 79.9. The average Bonchev–Trinajstić information content (AvgIpc) is 2.31. The van der Waals surface area contributed by atoms with Crippen LogP contribution >= 0.6 is 15.9 Å². The van der Waals surface area contributed by atoms with Crippen molar-refractivity contribution in [2.24, 2.45) is 5.41 Å². The van der Waals surface area contributed by atoms with Crippen LogP contribution in [-0.2, 0) is 0 Å². The second-order valence-electron chi connectivity index (χ2n) is 5.51. The third kappa shape index (κ3) is 2.50. The van der Waals surface area contributed by atoms with Gasteiger partial charge in [-0.2, -0.15) is 0 Å². The number of rotatable bonds is 2. The molecule has 1 spiro atoms. The molecule has 2 nitrogen and oxygen atoms in total. The molecule has 0 aromatic heterocycles. The lowest BCUT2D eigenvalue weighted by Gasteiger charge is -2.50. The SMILES string of the molecule is Brc1ccc(NC2CC3(CCNCC3)C2)cc1. The normalized spacial score (nSPS) is 23.4. The van der Waals surface area contributed by atoms with Crippen LogP contribution in [0, 0.1) is 5.41 Å². The van der Waals surface area contributed by atoms with E-state index in [1.54, 1.807) is 0 Å². The van der Waals surface area contributed by atoms with E-state index in [1.165, 1.54) is 44.5 Å². The average molecular weight is 295 g/mol. The van der Waals surface area contributed by atoms with Gasteiger partial charge >= 0.3 is 0 Å². The van der Waals surface area contributed by atoms with Gasteiger partial charge in [-0.3, -0.25) is 0 Å². The van der Waals surface area contributed by atoms with Gasteiger partial charge in [-0.15, -0.1) is 0 Å². The van der Waals surface area contributed by atoms with E-state index in [9.17, 15) is 0 Å². The zero-order valence-electron chi connectivity index (χ0n) is 10.0. The fourth-order valence-electron chi connectivity index (χ4n) is 3.23. The summed E-state index contributed by atoms with van der Waals surface area (Å²) in [5.74, 6) is 0. The number of anilines is 1. The van der Waals surface area contributed by atoms with Gasteiger partial charge in [-0.05, 0) is 68.5 Å². The molecule has 0 amide bonds. The Labute approximate surface area is 111 Å². The molecule has 3 heteroatoms. The summed E-state index contributed by atoms with van der Waals surface area (Å²) in [5.41, 5.74) is 1.92. The van der Waals surface area contributed by atoms with E-state index in [1.807, 2.05) is 0 Å². The first-order chi connectivity index (χ1) is 8.26. The third-order valence-corrected chi connectivity index (χ3v) is 4.77. The van der Waals surface area contributed by atoms with E-state index in [0.717, 1.165) is 4.47 Å². The number of piperidine rings is 1. The van der Waals surface area contributed by atoms with Gasteiger partial charge in [0.2, 0.25) is 0 Å². The van der Waals surface area contributed by atoms with Gasteiger partial charge < -0.3 is 10.6 Å². The molecule has 2 fully saturated rings. The van der Waals surface area contributed by atoms with Crippen molar-refractivity contribution in [3.05, 3.63) is 28.7 Å². The maximum absolute atomic E-state index is 3.64. The Hall–Kier alpha value is -0.540. The number of hydrogen-bond donors (Lipinski definition) is 2. The molecule has 1 saturated heterocycles. The highest BCUT2D eigenvalue weighted by Gasteiger charge is 2.44. The summed E-state index contributed by atoms with van der Waals surface area (Å²) in [6.07, 6.45) is 5.44. The molecular formula is C14H19BrN2. The standard InChI is InChI=1S/C14H19BrN2/c15-11-1-3-12(4-2-11)17-13-9-14(10-13)5-7-16-8-6-14/h1-4,13,16-17H,5-10H2. The first-order valence-corrected chi connectivity index (χ1v) is 7.28. The van der Waals surface area contributed by atoms with E-state index in [2.05, 4.69) is 50.8 Å². The fraction of sp³-hybridized carbons (Fsp3) is 0.571. The van der Waals surface area contributed by atoms with Crippen molar-refractivity contribution < 1.29 is 0 Å². The molecule has 1 saturated carbocycles. The largest absolute Gasteiger partial charge is 0.382 e. The summed E-state index contributed by atoms with van der Waals surface area (Å²) < 4.78 is 1.14. The summed E-state index contributed by atoms with van der Waals surface area (Å²) in [5, 5.41) is 7.09. The van der Waals surface area contributed by atoms with Gasteiger partial charge in [0.1, 0.15) is 0 Å². The van der Waals surface area contributed by atoms with Gasteiger partial charge in [0.05, 0.1) is 0 Å². The summed E-state index contributed by atoms with van der Waals surface area (Å²) in [4.78, 5) is 0. The van der Waals surface area contributed by atoms with E-state index >= 15 is 0 Å². The van der Waals surface area contributed by atoms with Crippen molar-refractivity contribution in [2.45, 2.75) is 31.7 Å². The van der Waals surface area contributed by atoms with Crippen LogP contribution in [0.15, 0.2) is 28.7 Å². The fourth-order valence-corrected chi connectivity index (χ4v) is 3.50. The maximum Gasteiger partial charge on any atom is 0.0343 e. The van der Waals surface area contributed by atoms with Crippen LogP contribution in [0.4, 0.5) is 5.69 Å². The molecular weight excluding hydrogens is 276 g/mol. The molecule has 3 rings (SSSR count). The zero-order valence-corrected chi connectivity index (χ0v) is 11.6. The number of nitrogens with one attached hydrogen (secondary N) is 2. The number of benzene rings is 1. The molecule has 0 unspecified atom stereocenters. The van der Waals surface area contributed by atoms with Gasteiger partial charge in [0, 0.05) is 16.2 Å². The number of hydrogen-bond acceptors (Lipinski definition) is 2. The molecule has 17 heavy (non-hydrogen) atoms. The first-order valence-electron chi connectivity index (χ1n) is 6.49. The molecule has 1 aromatic carbocycles. The molecule has 1 aliphatic heterocycles. The van der Waals surface area contributed by atoms with Crippen LogP contribution in [0.3, 0.4) is 0 Å². The van der Waals surface area contributed by atoms with Gasteiger partial charge in [-0.1, -0.05) is 15.9 Å². The predicted molar refractivity (Wildman–Crippen MR) is 75.3 cm³/mol. The molecule has 2 aliphatic rings. The van der Waals surface area contributed by atoms with Gasteiger partial charge in [0.25, 0.3) is 0 Å². The molecule has 1 aliphatic carbocycles. The molecule has 0 bridgehead atoms. The summed E-state index contributed by atoms with van der Waals surface area (Å²) in [6, 6.07) is 9.19. The summed E-state index contributed by atoms with van der Waals surface area (Å²) >= 11 is 3.47. The Bertz CT molecular complexity index is 374. The summed E-state index contributed by atoms with van der Waals surface area (Å²) in [7, 11) is 0. The quantitative estimate of drug-likeness (QED) is 0.874. The summed E-state index contributed by atoms with van der Waals surface area (Å²) in [6.45, 7) is 2.43. The van der Waals surface area contributed by atoms with Gasteiger partial charge in [0.15, 0.2) is 0 Å². The third-order valence-electron chi connectivity index (χ3n) is 4.24. The maximum atomic E-state index is 3.64. The van der Waals surface area contributed by atoms with Crippen molar-refractivity contribution in [1.29, 1.82) is 0 Å². The van der Waals surface area contributed by atoms with E-state index in [4.69, 9.17) is 0 Å². The highest BCUT2D eigenvalue weighted by molar-refractivity contribution is 9.10. The monoisotopic (exact) mass is 294 g/mol. The second-order valence-corrected chi connectivity index (χ2v) is 6.42. The molecule has 0 atom stereocenters. The molecule has 92 valence electrons. The Balaban J connectivity index is 1.54.